The summed E-state index contributed by atoms with van der Waals surface area (Å²) in [4.78, 5) is 32.7. The van der Waals surface area contributed by atoms with E-state index in [2.05, 4.69) is 20.5 Å². The number of anilines is 3. The van der Waals surface area contributed by atoms with Gasteiger partial charge in [-0.3, -0.25) is 10.1 Å². The highest BCUT2D eigenvalue weighted by Gasteiger charge is 2.32. The molecule has 1 aromatic heterocycles. The van der Waals surface area contributed by atoms with Gasteiger partial charge in [-0.15, -0.1) is 0 Å². The maximum atomic E-state index is 13.0. The molecule has 0 unspecified atom stereocenters. The number of carbonyl (C=O) groups is 2. The number of hydrogen-bond donors (Lipinski definition) is 2. The lowest BCUT2D eigenvalue weighted by Crippen LogP contribution is -2.53. The summed E-state index contributed by atoms with van der Waals surface area (Å²) in [5.41, 5.74) is 0.893. The fraction of sp³-hybridized carbons (Fsp3) is 0.409. The predicted octanol–water partition coefficient (Wildman–Crippen LogP) is 3.25. The molecule has 0 bridgehead atoms. The summed E-state index contributed by atoms with van der Waals surface area (Å²) in [6, 6.07) is 8.15. The number of nitrogens with zero attached hydrogens (tertiary/aromatic N) is 3. The average Bonchev–Trinajstić information content (AvgIpc) is 2.81. The minimum Gasteiger partial charge on any atom is -0.378 e. The van der Waals surface area contributed by atoms with E-state index in [0.717, 1.165) is 36.6 Å². The lowest BCUT2D eigenvalue weighted by atomic mass is 10.0. The zero-order valence-corrected chi connectivity index (χ0v) is 17.8. The quantitative estimate of drug-likeness (QED) is 0.727. The van der Waals surface area contributed by atoms with Crippen LogP contribution in [-0.4, -0.2) is 55.8 Å². The Labute approximate surface area is 188 Å². The van der Waals surface area contributed by atoms with Crippen LogP contribution in [0.25, 0.3) is 0 Å². The third-order valence-electron chi connectivity index (χ3n) is 5.61. The van der Waals surface area contributed by atoms with Crippen molar-refractivity contribution in [3.63, 3.8) is 0 Å². The zero-order valence-electron chi connectivity index (χ0n) is 17.8. The predicted molar refractivity (Wildman–Crippen MR) is 116 cm³/mol. The second-order valence-electron chi connectivity index (χ2n) is 7.83. The first kappa shape index (κ1) is 22.8. The van der Waals surface area contributed by atoms with Crippen LogP contribution in [0.2, 0.25) is 0 Å². The monoisotopic (exact) mass is 463 g/mol. The Morgan fingerprint density at radius 3 is 2.36 bits per heavy atom. The number of alkyl halides is 3. The van der Waals surface area contributed by atoms with Crippen LogP contribution in [0.3, 0.4) is 0 Å². The molecular weight excluding hydrogens is 439 g/mol. The molecule has 1 aromatic carbocycles. The second kappa shape index (κ2) is 9.65. The molecule has 2 N–H and O–H groups in total. The van der Waals surface area contributed by atoms with E-state index in [9.17, 15) is 22.8 Å². The number of rotatable bonds is 4. The minimum atomic E-state index is -4.51. The first-order chi connectivity index (χ1) is 15.8. The van der Waals surface area contributed by atoms with E-state index < -0.39 is 23.8 Å². The summed E-state index contributed by atoms with van der Waals surface area (Å²) >= 11 is 0. The normalized spacial score (nSPS) is 19.4. The van der Waals surface area contributed by atoms with Gasteiger partial charge in [-0.2, -0.15) is 13.2 Å². The smallest absolute Gasteiger partial charge is 0.378 e. The first-order valence-corrected chi connectivity index (χ1v) is 10.7. The fourth-order valence-corrected chi connectivity index (χ4v) is 3.88. The number of carbonyl (C=O) groups excluding carboxylic acids is 2. The number of aromatic nitrogens is 1. The molecule has 2 aromatic rings. The van der Waals surface area contributed by atoms with Crippen molar-refractivity contribution in [3.8, 4) is 0 Å². The molecule has 3 amide bonds. The molecule has 3 heterocycles. The number of benzene rings is 1. The van der Waals surface area contributed by atoms with Gasteiger partial charge in [-0.25, -0.2) is 9.78 Å². The van der Waals surface area contributed by atoms with Crippen LogP contribution in [0.4, 0.5) is 35.2 Å². The standard InChI is InChI=1S/C22H24F3N5O3/c23-22(24,25)15-3-8-19(26-14-15)28-21(32)27-18-2-1-9-30(20(18)31)17-6-4-16(5-7-17)29-10-12-33-13-11-29/h3-8,14,18H,1-2,9-13H2,(H2,26,27,28,32)/t18-/m1/s1. The van der Waals surface area contributed by atoms with Crippen molar-refractivity contribution in [2.45, 2.75) is 25.1 Å². The van der Waals surface area contributed by atoms with Crippen molar-refractivity contribution in [1.29, 1.82) is 0 Å². The molecule has 0 aliphatic carbocycles. The van der Waals surface area contributed by atoms with Crippen molar-refractivity contribution < 1.29 is 27.5 Å². The Balaban J connectivity index is 1.35. The molecule has 1 atom stereocenters. The van der Waals surface area contributed by atoms with Crippen LogP contribution in [0.1, 0.15) is 18.4 Å². The third kappa shape index (κ3) is 5.54. The van der Waals surface area contributed by atoms with Gasteiger partial charge < -0.3 is 19.9 Å². The molecule has 4 rings (SSSR count). The van der Waals surface area contributed by atoms with Gasteiger partial charge in [0.2, 0.25) is 5.91 Å². The van der Waals surface area contributed by atoms with Crippen LogP contribution >= 0.6 is 0 Å². The van der Waals surface area contributed by atoms with Gasteiger partial charge >= 0.3 is 12.2 Å². The number of hydrogen-bond acceptors (Lipinski definition) is 5. The molecule has 2 aliphatic heterocycles. The largest absolute Gasteiger partial charge is 0.417 e. The van der Waals surface area contributed by atoms with E-state index in [1.54, 1.807) is 4.90 Å². The highest BCUT2D eigenvalue weighted by Crippen LogP contribution is 2.29. The Hall–Kier alpha value is -3.34. The Kier molecular flexibility index (Phi) is 6.68. The van der Waals surface area contributed by atoms with Crippen LogP contribution in [0, 0.1) is 0 Å². The molecule has 8 nitrogen and oxygen atoms in total. The number of urea groups is 1. The molecule has 2 saturated heterocycles. The number of ether oxygens (including phenoxy) is 1. The highest BCUT2D eigenvalue weighted by atomic mass is 19.4. The number of amides is 3. The molecule has 0 radical (unpaired) electrons. The zero-order chi connectivity index (χ0) is 23.4. The summed E-state index contributed by atoms with van der Waals surface area (Å²) in [7, 11) is 0. The summed E-state index contributed by atoms with van der Waals surface area (Å²) in [5.74, 6) is -0.282. The molecule has 0 spiro atoms. The van der Waals surface area contributed by atoms with E-state index in [1.165, 1.54) is 0 Å². The lowest BCUT2D eigenvalue weighted by molar-refractivity contribution is -0.137. The molecule has 11 heteroatoms. The highest BCUT2D eigenvalue weighted by molar-refractivity contribution is 6.01. The van der Waals surface area contributed by atoms with Gasteiger partial charge in [0.25, 0.3) is 0 Å². The van der Waals surface area contributed by atoms with Gasteiger partial charge in [0, 0.05) is 37.2 Å². The van der Waals surface area contributed by atoms with E-state index >= 15 is 0 Å². The van der Waals surface area contributed by atoms with Crippen molar-refractivity contribution in [1.82, 2.24) is 10.3 Å². The van der Waals surface area contributed by atoms with E-state index in [4.69, 9.17) is 4.74 Å². The number of piperidine rings is 1. The molecular formula is C22H24F3N5O3. The van der Waals surface area contributed by atoms with Gasteiger partial charge in [0.15, 0.2) is 0 Å². The van der Waals surface area contributed by atoms with E-state index in [1.807, 2.05) is 24.3 Å². The van der Waals surface area contributed by atoms with Crippen LogP contribution in [0.5, 0.6) is 0 Å². The third-order valence-corrected chi connectivity index (χ3v) is 5.61. The molecule has 176 valence electrons. The van der Waals surface area contributed by atoms with Crippen LogP contribution in [-0.2, 0) is 15.7 Å². The summed E-state index contributed by atoms with van der Waals surface area (Å²) in [6.45, 7) is 3.54. The maximum Gasteiger partial charge on any atom is 0.417 e. The number of morpholine rings is 1. The SMILES string of the molecule is O=C(Nc1ccc(C(F)(F)F)cn1)N[C@@H]1CCCN(c2ccc(N3CCOCC3)cc2)C1=O. The number of halogens is 3. The van der Waals surface area contributed by atoms with Gasteiger partial charge in [-0.1, -0.05) is 0 Å². The van der Waals surface area contributed by atoms with Gasteiger partial charge in [0.1, 0.15) is 11.9 Å². The second-order valence-corrected chi connectivity index (χ2v) is 7.83. The Bertz CT molecular complexity index is 976. The van der Waals surface area contributed by atoms with Gasteiger partial charge in [-0.05, 0) is 49.2 Å². The van der Waals surface area contributed by atoms with Crippen LogP contribution in [0.15, 0.2) is 42.6 Å². The lowest BCUT2D eigenvalue weighted by Gasteiger charge is -2.33. The summed E-state index contributed by atoms with van der Waals surface area (Å²) in [6.07, 6.45) is -2.70. The van der Waals surface area contributed by atoms with Crippen molar-refractivity contribution in [2.24, 2.45) is 0 Å². The molecule has 2 fully saturated rings. The number of nitrogens with one attached hydrogen (secondary N) is 2. The molecule has 0 saturated carbocycles. The Morgan fingerprint density at radius 1 is 1.03 bits per heavy atom. The fourth-order valence-electron chi connectivity index (χ4n) is 3.88. The molecule has 2 aliphatic rings. The first-order valence-electron chi connectivity index (χ1n) is 10.7. The Morgan fingerprint density at radius 2 is 1.73 bits per heavy atom. The van der Waals surface area contributed by atoms with E-state index in [0.29, 0.717) is 38.8 Å². The average molecular weight is 463 g/mol. The minimum absolute atomic E-state index is 0.0423. The van der Waals surface area contributed by atoms with Crippen molar-refractivity contribution in [3.05, 3.63) is 48.2 Å². The summed E-state index contributed by atoms with van der Waals surface area (Å²) in [5, 5.41) is 4.97. The molecule has 33 heavy (non-hydrogen) atoms. The van der Waals surface area contributed by atoms with Gasteiger partial charge in [0.05, 0.1) is 18.8 Å². The summed E-state index contributed by atoms with van der Waals surface area (Å²) < 4.78 is 43.3. The van der Waals surface area contributed by atoms with Crippen molar-refractivity contribution in [2.75, 3.05) is 48.0 Å². The number of pyridine rings is 1. The van der Waals surface area contributed by atoms with Crippen molar-refractivity contribution >= 4 is 29.1 Å². The van der Waals surface area contributed by atoms with Crippen LogP contribution < -0.4 is 20.4 Å². The topological polar surface area (TPSA) is 86.8 Å². The van der Waals surface area contributed by atoms with E-state index in [-0.39, 0.29) is 11.7 Å². The maximum absolute atomic E-state index is 13.0.